The molecule has 0 bridgehead atoms. The van der Waals surface area contributed by atoms with Crippen LogP contribution in [-0.2, 0) is 16.2 Å². The summed E-state index contributed by atoms with van der Waals surface area (Å²) in [5.41, 5.74) is 1.01. The van der Waals surface area contributed by atoms with Gasteiger partial charge in [-0.2, -0.15) is 0 Å². The number of aliphatic hydroxyl groups excluding tert-OH is 3. The van der Waals surface area contributed by atoms with Crippen LogP contribution < -0.4 is 14.8 Å². The maximum Gasteiger partial charge on any atom is 0.247 e. The Balaban J connectivity index is 2.45. The normalized spacial score (nSPS) is 20.0. The van der Waals surface area contributed by atoms with Gasteiger partial charge in [-0.05, 0) is 58.7 Å². The molecule has 0 saturated heterocycles. The summed E-state index contributed by atoms with van der Waals surface area (Å²) in [7, 11) is 1.48. The highest BCUT2D eigenvalue weighted by molar-refractivity contribution is 14.1. The maximum atomic E-state index is 12.8. The molecule has 2 rings (SSSR count). The first kappa shape index (κ1) is 28.3. The third-order valence-corrected chi connectivity index (χ3v) is 6.49. The van der Waals surface area contributed by atoms with Crippen molar-refractivity contribution in [2.45, 2.75) is 58.5 Å². The lowest BCUT2D eigenvalue weighted by atomic mass is 9.88. The van der Waals surface area contributed by atoms with Crippen molar-refractivity contribution in [3.05, 3.63) is 32.9 Å². The summed E-state index contributed by atoms with van der Waals surface area (Å²) in [6.45, 7) is 5.72. The number of hydrogen-bond acceptors (Lipinski definition) is 7. The summed E-state index contributed by atoms with van der Waals surface area (Å²) in [5.74, 6) is 0.526. The number of amides is 2. The number of aliphatic hydroxyl groups is 3. The van der Waals surface area contributed by atoms with Gasteiger partial charge in [0, 0.05) is 32.0 Å². The maximum absolute atomic E-state index is 12.8. The van der Waals surface area contributed by atoms with Crippen LogP contribution in [0.4, 0.5) is 0 Å². The molecule has 1 aliphatic rings. The van der Waals surface area contributed by atoms with E-state index in [4.69, 9.17) is 14.6 Å². The lowest BCUT2D eigenvalue weighted by Gasteiger charge is -2.40. The molecule has 10 heteroatoms. The van der Waals surface area contributed by atoms with Gasteiger partial charge in [-0.25, -0.2) is 0 Å². The van der Waals surface area contributed by atoms with E-state index in [0.717, 1.165) is 6.42 Å². The summed E-state index contributed by atoms with van der Waals surface area (Å²) in [5, 5.41) is 32.5. The number of nitrogens with one attached hydrogen (secondary N) is 1. The molecule has 0 saturated carbocycles. The predicted molar refractivity (Wildman–Crippen MR) is 135 cm³/mol. The smallest absolute Gasteiger partial charge is 0.247 e. The van der Waals surface area contributed by atoms with Crippen molar-refractivity contribution in [1.29, 1.82) is 0 Å². The van der Waals surface area contributed by atoms with E-state index in [1.807, 2.05) is 0 Å². The van der Waals surface area contributed by atoms with Crippen molar-refractivity contribution in [2.75, 3.05) is 26.8 Å². The molecular weight excluding hydrogens is 555 g/mol. The molecule has 0 aromatic heterocycles. The molecule has 0 radical (unpaired) electrons. The van der Waals surface area contributed by atoms with Crippen LogP contribution >= 0.6 is 22.6 Å². The van der Waals surface area contributed by atoms with Gasteiger partial charge in [0.1, 0.15) is 12.2 Å². The Morgan fingerprint density at radius 3 is 2.56 bits per heavy atom. The lowest BCUT2D eigenvalue weighted by Crippen LogP contribution is -2.55. The van der Waals surface area contributed by atoms with Crippen molar-refractivity contribution in [1.82, 2.24) is 10.2 Å². The van der Waals surface area contributed by atoms with E-state index in [1.54, 1.807) is 23.1 Å². The summed E-state index contributed by atoms with van der Waals surface area (Å²) >= 11 is 2.06. The Morgan fingerprint density at radius 2 is 2.00 bits per heavy atom. The first-order valence-corrected chi connectivity index (χ1v) is 12.4. The van der Waals surface area contributed by atoms with Crippen molar-refractivity contribution < 1.29 is 34.4 Å². The highest BCUT2D eigenvalue weighted by Crippen LogP contribution is 2.37. The van der Waals surface area contributed by atoms with Gasteiger partial charge in [-0.1, -0.05) is 13.8 Å². The van der Waals surface area contributed by atoms with Gasteiger partial charge in [0.05, 0.1) is 29.9 Å². The number of methoxy groups -OCH3 is 1. The monoisotopic (exact) mass is 590 g/mol. The molecule has 3 unspecified atom stereocenters. The SMILES string of the molecule is COc1cc(CO)cc(I)c1OC1C=C(C(=O)NCCO)CC(N(CCC(C)C)C(C)=O)C1O. The molecule has 4 N–H and O–H groups in total. The van der Waals surface area contributed by atoms with E-state index in [2.05, 4.69) is 41.8 Å². The second kappa shape index (κ2) is 13.3. The second-order valence-electron chi connectivity index (χ2n) is 8.68. The highest BCUT2D eigenvalue weighted by Gasteiger charge is 2.40. The molecule has 2 amide bonds. The van der Waals surface area contributed by atoms with E-state index in [-0.39, 0.29) is 38.0 Å². The van der Waals surface area contributed by atoms with E-state index >= 15 is 0 Å². The van der Waals surface area contributed by atoms with Crippen LogP contribution in [-0.4, -0.2) is 77.1 Å². The molecule has 0 heterocycles. The summed E-state index contributed by atoms with van der Waals surface area (Å²) in [4.78, 5) is 26.9. The molecule has 1 aromatic carbocycles. The molecule has 34 heavy (non-hydrogen) atoms. The molecule has 9 nitrogen and oxygen atoms in total. The lowest BCUT2D eigenvalue weighted by molar-refractivity contribution is -0.136. The first-order valence-electron chi connectivity index (χ1n) is 11.3. The number of rotatable bonds is 11. The van der Waals surface area contributed by atoms with Crippen LogP contribution in [0.15, 0.2) is 23.8 Å². The molecule has 1 aliphatic carbocycles. The van der Waals surface area contributed by atoms with Gasteiger partial charge in [0.2, 0.25) is 11.8 Å². The predicted octanol–water partition coefficient (Wildman–Crippen LogP) is 1.60. The zero-order valence-electron chi connectivity index (χ0n) is 20.1. The fourth-order valence-electron chi connectivity index (χ4n) is 3.85. The van der Waals surface area contributed by atoms with E-state index in [1.165, 1.54) is 14.0 Å². The molecule has 0 fully saturated rings. The molecule has 0 aliphatic heterocycles. The Hall–Kier alpha value is -1.89. The number of carbonyl (C=O) groups excluding carboxylic acids is 2. The van der Waals surface area contributed by atoms with Gasteiger partial charge in [-0.3, -0.25) is 9.59 Å². The number of halogens is 1. The number of hydrogen-bond donors (Lipinski definition) is 4. The van der Waals surface area contributed by atoms with Crippen LogP contribution in [0.2, 0.25) is 0 Å². The number of benzene rings is 1. The number of ether oxygens (including phenoxy) is 2. The topological polar surface area (TPSA) is 129 Å². The van der Waals surface area contributed by atoms with Crippen molar-refractivity contribution >= 4 is 34.4 Å². The largest absolute Gasteiger partial charge is 0.493 e. The van der Waals surface area contributed by atoms with Crippen LogP contribution in [0.25, 0.3) is 0 Å². The summed E-state index contributed by atoms with van der Waals surface area (Å²) < 4.78 is 12.3. The van der Waals surface area contributed by atoms with Crippen molar-refractivity contribution in [3.63, 3.8) is 0 Å². The fraction of sp³-hybridized carbons (Fsp3) is 0.583. The van der Waals surface area contributed by atoms with E-state index < -0.39 is 18.2 Å². The zero-order chi connectivity index (χ0) is 25.4. The standard InChI is InChI=1S/C24H35IN2O7/c1-14(2)5-7-27(15(3)30)19-11-17(24(32)26-6-8-28)12-20(22(19)31)34-23-18(25)9-16(13-29)10-21(23)33-4/h9-10,12,14,19-20,22,28-29,31H,5-8,11,13H2,1-4H3,(H,26,32). The van der Waals surface area contributed by atoms with E-state index in [0.29, 0.717) is 38.7 Å². The average molecular weight is 590 g/mol. The van der Waals surface area contributed by atoms with Crippen LogP contribution in [0, 0.1) is 9.49 Å². The van der Waals surface area contributed by atoms with Gasteiger partial charge >= 0.3 is 0 Å². The minimum atomic E-state index is -1.09. The Kier molecular flexibility index (Phi) is 11.1. The third kappa shape index (κ3) is 7.30. The Labute approximate surface area is 214 Å². The Bertz CT molecular complexity index is 890. The van der Waals surface area contributed by atoms with Gasteiger partial charge < -0.3 is 35.0 Å². The minimum absolute atomic E-state index is 0.0903. The molecule has 1 aromatic rings. The fourth-order valence-corrected chi connectivity index (χ4v) is 4.64. The number of nitrogens with zero attached hydrogens (tertiary/aromatic N) is 1. The second-order valence-corrected chi connectivity index (χ2v) is 9.84. The van der Waals surface area contributed by atoms with E-state index in [9.17, 15) is 19.8 Å². The summed E-state index contributed by atoms with van der Waals surface area (Å²) in [6, 6.07) is 2.73. The molecular formula is C24H35IN2O7. The van der Waals surface area contributed by atoms with Crippen molar-refractivity contribution in [2.24, 2.45) is 5.92 Å². The Morgan fingerprint density at radius 1 is 1.29 bits per heavy atom. The third-order valence-electron chi connectivity index (χ3n) is 5.69. The molecule has 0 spiro atoms. The van der Waals surface area contributed by atoms with Crippen LogP contribution in [0.5, 0.6) is 11.5 Å². The van der Waals surface area contributed by atoms with Gasteiger partial charge in [0.25, 0.3) is 0 Å². The molecule has 190 valence electrons. The summed E-state index contributed by atoms with van der Waals surface area (Å²) in [6.07, 6.45) is 0.441. The zero-order valence-corrected chi connectivity index (χ0v) is 22.2. The van der Waals surface area contributed by atoms with Gasteiger partial charge in [-0.15, -0.1) is 0 Å². The minimum Gasteiger partial charge on any atom is -0.493 e. The molecule has 3 atom stereocenters. The average Bonchev–Trinajstić information content (AvgIpc) is 2.79. The van der Waals surface area contributed by atoms with Crippen molar-refractivity contribution in [3.8, 4) is 11.5 Å². The first-order chi connectivity index (χ1) is 16.1. The number of carbonyl (C=O) groups is 2. The highest BCUT2D eigenvalue weighted by atomic mass is 127. The van der Waals surface area contributed by atoms with Crippen LogP contribution in [0.3, 0.4) is 0 Å². The quantitative estimate of drug-likeness (QED) is 0.289. The van der Waals surface area contributed by atoms with Crippen LogP contribution in [0.1, 0.15) is 39.2 Å². The van der Waals surface area contributed by atoms with Gasteiger partial charge in [0.15, 0.2) is 11.5 Å².